The third-order valence-electron chi connectivity index (χ3n) is 1.31. The van der Waals surface area contributed by atoms with E-state index in [2.05, 4.69) is 0 Å². The van der Waals surface area contributed by atoms with Crippen molar-refractivity contribution in [1.29, 1.82) is 0 Å². The molecule has 60 valence electrons. The summed E-state index contributed by atoms with van der Waals surface area (Å²) in [5, 5.41) is 0. The Bertz CT molecular complexity index is 269. The van der Waals surface area contributed by atoms with Crippen LogP contribution in [0.2, 0.25) is 0 Å². The van der Waals surface area contributed by atoms with Crippen LogP contribution in [0, 0.1) is 0 Å². The van der Waals surface area contributed by atoms with Crippen molar-refractivity contribution in [3.8, 4) is 0 Å². The molecule has 0 saturated carbocycles. The van der Waals surface area contributed by atoms with Gasteiger partial charge in [-0.1, -0.05) is 11.6 Å². The lowest BCUT2D eigenvalue weighted by atomic mass is 10.2. The van der Waals surface area contributed by atoms with E-state index < -0.39 is 11.4 Å². The molecule has 0 bridgehead atoms. The van der Waals surface area contributed by atoms with Crippen LogP contribution in [0.1, 0.15) is 10.4 Å². The van der Waals surface area contributed by atoms with Crippen LogP contribution in [-0.2, 0) is 7.05 Å². The zero-order valence-corrected chi connectivity index (χ0v) is 6.68. The first-order valence-electron chi connectivity index (χ1n) is 3.05. The van der Waals surface area contributed by atoms with E-state index >= 15 is 0 Å². The van der Waals surface area contributed by atoms with Crippen molar-refractivity contribution in [2.75, 3.05) is 0 Å². The van der Waals surface area contributed by atoms with E-state index in [0.29, 0.717) is 5.56 Å². The molecule has 1 rings (SSSR count). The van der Waals surface area contributed by atoms with Crippen molar-refractivity contribution < 1.29 is 9.18 Å². The first-order valence-corrected chi connectivity index (χ1v) is 3.49. The summed E-state index contributed by atoms with van der Waals surface area (Å²) in [7, 11) is 1.75. The molecule has 0 spiro atoms. The standard InChI is InChI=1S/C7H7ClFNO/c1-10-3-2-5(4-10)6(11)7(8)9/h2-4,7H,1H3. The van der Waals surface area contributed by atoms with E-state index in [1.807, 2.05) is 0 Å². The number of hydrogen-bond donors (Lipinski definition) is 0. The van der Waals surface area contributed by atoms with Crippen LogP contribution >= 0.6 is 11.6 Å². The van der Waals surface area contributed by atoms with Gasteiger partial charge in [0.05, 0.1) is 0 Å². The average molecular weight is 176 g/mol. The summed E-state index contributed by atoms with van der Waals surface area (Å²) in [6.45, 7) is 0. The number of Topliss-reactive ketones (excluding diaryl/α,β-unsaturated/α-hetero) is 1. The van der Waals surface area contributed by atoms with Gasteiger partial charge in [-0.15, -0.1) is 0 Å². The Kier molecular flexibility index (Phi) is 2.29. The third-order valence-corrected chi connectivity index (χ3v) is 1.51. The smallest absolute Gasteiger partial charge is 0.235 e. The van der Waals surface area contributed by atoms with Gasteiger partial charge in [-0.3, -0.25) is 4.79 Å². The molecule has 0 fully saturated rings. The fourth-order valence-electron chi connectivity index (χ4n) is 0.775. The SMILES string of the molecule is Cn1ccc(C(=O)C(F)Cl)c1. The molecule has 0 aromatic carbocycles. The number of aromatic nitrogens is 1. The molecule has 0 radical (unpaired) electrons. The number of ketones is 1. The van der Waals surface area contributed by atoms with Gasteiger partial charge in [0.2, 0.25) is 11.4 Å². The molecule has 1 heterocycles. The largest absolute Gasteiger partial charge is 0.357 e. The highest BCUT2D eigenvalue weighted by Gasteiger charge is 2.15. The van der Waals surface area contributed by atoms with Gasteiger partial charge in [-0.2, -0.15) is 0 Å². The Morgan fingerprint density at radius 2 is 2.45 bits per heavy atom. The summed E-state index contributed by atoms with van der Waals surface area (Å²) in [4.78, 5) is 10.8. The van der Waals surface area contributed by atoms with E-state index in [4.69, 9.17) is 11.6 Å². The summed E-state index contributed by atoms with van der Waals surface area (Å²) in [5.41, 5.74) is -1.63. The van der Waals surface area contributed by atoms with Crippen LogP contribution in [0.15, 0.2) is 18.5 Å². The number of nitrogens with zero attached hydrogens (tertiary/aromatic N) is 1. The number of rotatable bonds is 2. The maximum atomic E-state index is 12.2. The maximum Gasteiger partial charge on any atom is 0.235 e. The highest BCUT2D eigenvalue weighted by molar-refractivity contribution is 6.32. The minimum absolute atomic E-state index is 0.301. The molecular formula is C7H7ClFNO. The van der Waals surface area contributed by atoms with Crippen molar-refractivity contribution in [3.05, 3.63) is 24.0 Å². The Labute approximate surface area is 68.6 Å². The molecule has 0 aliphatic heterocycles. The fourth-order valence-corrected chi connectivity index (χ4v) is 0.901. The van der Waals surface area contributed by atoms with E-state index in [9.17, 15) is 9.18 Å². The van der Waals surface area contributed by atoms with E-state index in [1.54, 1.807) is 17.8 Å². The molecule has 2 nitrogen and oxygen atoms in total. The summed E-state index contributed by atoms with van der Waals surface area (Å²) < 4.78 is 13.9. The van der Waals surface area contributed by atoms with E-state index in [0.717, 1.165) is 0 Å². The second kappa shape index (κ2) is 3.05. The zero-order chi connectivity index (χ0) is 8.43. The number of aryl methyl sites for hydroxylation is 1. The van der Waals surface area contributed by atoms with E-state index in [1.165, 1.54) is 12.3 Å². The molecule has 0 amide bonds. The molecule has 4 heteroatoms. The van der Waals surface area contributed by atoms with Crippen molar-refractivity contribution in [3.63, 3.8) is 0 Å². The van der Waals surface area contributed by atoms with Crippen LogP contribution in [-0.4, -0.2) is 16.0 Å². The molecule has 1 aromatic rings. The molecule has 1 unspecified atom stereocenters. The summed E-state index contributed by atoms with van der Waals surface area (Å²) in [6, 6.07) is 1.53. The monoisotopic (exact) mass is 175 g/mol. The van der Waals surface area contributed by atoms with Crippen LogP contribution in [0.5, 0.6) is 0 Å². The van der Waals surface area contributed by atoms with Crippen LogP contribution < -0.4 is 0 Å². The van der Waals surface area contributed by atoms with Crippen molar-refractivity contribution >= 4 is 17.4 Å². The van der Waals surface area contributed by atoms with E-state index in [-0.39, 0.29) is 0 Å². The van der Waals surface area contributed by atoms with Gasteiger partial charge < -0.3 is 4.57 Å². The van der Waals surface area contributed by atoms with Crippen molar-refractivity contribution in [1.82, 2.24) is 4.57 Å². The highest BCUT2D eigenvalue weighted by atomic mass is 35.5. The number of halogens is 2. The highest BCUT2D eigenvalue weighted by Crippen LogP contribution is 2.09. The second-order valence-corrected chi connectivity index (χ2v) is 2.61. The van der Waals surface area contributed by atoms with Gasteiger partial charge in [0.15, 0.2) is 0 Å². The molecule has 1 atom stereocenters. The number of carbonyl (C=O) groups is 1. The summed E-state index contributed by atoms with van der Waals surface area (Å²) >= 11 is 4.95. The topological polar surface area (TPSA) is 22.0 Å². The molecule has 0 saturated heterocycles. The quantitative estimate of drug-likeness (QED) is 0.496. The Morgan fingerprint density at radius 3 is 2.82 bits per heavy atom. The van der Waals surface area contributed by atoms with Crippen LogP contribution in [0.4, 0.5) is 4.39 Å². The molecule has 0 aliphatic rings. The molecular weight excluding hydrogens is 169 g/mol. The molecule has 11 heavy (non-hydrogen) atoms. The third kappa shape index (κ3) is 1.80. The minimum Gasteiger partial charge on any atom is -0.357 e. The van der Waals surface area contributed by atoms with Gasteiger partial charge in [-0.25, -0.2) is 4.39 Å². The Balaban J connectivity index is 2.85. The number of alkyl halides is 2. The first kappa shape index (κ1) is 8.27. The lowest BCUT2D eigenvalue weighted by Crippen LogP contribution is -2.07. The fraction of sp³-hybridized carbons (Fsp3) is 0.286. The minimum atomic E-state index is -1.93. The molecule has 1 aromatic heterocycles. The predicted molar refractivity (Wildman–Crippen MR) is 40.5 cm³/mol. The average Bonchev–Trinajstić information content (AvgIpc) is 2.34. The Hall–Kier alpha value is -0.830. The van der Waals surface area contributed by atoms with Gasteiger partial charge in [0.25, 0.3) is 0 Å². The molecule has 0 N–H and O–H groups in total. The lowest BCUT2D eigenvalue weighted by Gasteiger charge is -1.93. The van der Waals surface area contributed by atoms with Gasteiger partial charge in [0, 0.05) is 25.0 Å². The summed E-state index contributed by atoms with van der Waals surface area (Å²) in [5.74, 6) is -0.688. The predicted octanol–water partition coefficient (Wildman–Crippen LogP) is 1.74. The lowest BCUT2D eigenvalue weighted by molar-refractivity contribution is 0.0934. The first-order chi connectivity index (χ1) is 5.11. The maximum absolute atomic E-state index is 12.2. The number of hydrogen-bond acceptors (Lipinski definition) is 1. The van der Waals surface area contributed by atoms with Gasteiger partial charge >= 0.3 is 0 Å². The van der Waals surface area contributed by atoms with Gasteiger partial charge in [-0.05, 0) is 6.07 Å². The second-order valence-electron chi connectivity index (χ2n) is 2.23. The Morgan fingerprint density at radius 1 is 1.82 bits per heavy atom. The summed E-state index contributed by atoms with van der Waals surface area (Å²) in [6.07, 6.45) is 3.18. The van der Waals surface area contributed by atoms with Crippen LogP contribution in [0.25, 0.3) is 0 Å². The van der Waals surface area contributed by atoms with Crippen LogP contribution in [0.3, 0.4) is 0 Å². The number of carbonyl (C=O) groups excluding carboxylic acids is 1. The van der Waals surface area contributed by atoms with Crippen molar-refractivity contribution in [2.45, 2.75) is 5.63 Å². The van der Waals surface area contributed by atoms with Crippen molar-refractivity contribution in [2.24, 2.45) is 7.05 Å². The normalized spacial score (nSPS) is 13.0. The van der Waals surface area contributed by atoms with Gasteiger partial charge in [0.1, 0.15) is 0 Å². The molecule has 0 aliphatic carbocycles. The zero-order valence-electron chi connectivity index (χ0n) is 5.92.